The average molecular weight is 897 g/mol. The lowest BCUT2D eigenvalue weighted by molar-refractivity contribution is -0.244. The van der Waals surface area contributed by atoms with Crippen molar-refractivity contribution in [3.8, 4) is 11.6 Å². The summed E-state index contributed by atoms with van der Waals surface area (Å²) in [6.07, 6.45) is -3.80. The number of carbonyl (C=O) groups is 4. The summed E-state index contributed by atoms with van der Waals surface area (Å²) in [7, 11) is -1.17. The molecule has 2 aromatic rings. The molecule has 2 saturated heterocycles. The van der Waals surface area contributed by atoms with Crippen LogP contribution in [0, 0.1) is 17.8 Å². The molecular weight excluding hydrogens is 838 g/mol. The predicted molar refractivity (Wildman–Crippen MR) is 220 cm³/mol. The maximum atomic E-state index is 15.1. The summed E-state index contributed by atoms with van der Waals surface area (Å²) in [6, 6.07) is 2.29. The molecule has 1 aromatic carbocycles. The lowest BCUT2D eigenvalue weighted by atomic mass is 9.86. The van der Waals surface area contributed by atoms with Crippen LogP contribution in [0.4, 0.5) is 18.0 Å². The molecule has 3 heterocycles. The first-order valence-corrected chi connectivity index (χ1v) is 22.7. The quantitative estimate of drug-likeness (QED) is 0.264. The number of aromatic nitrogens is 2. The number of benzene rings is 1. The number of hydrogen-bond acceptors (Lipinski definition) is 12. The number of amides is 4. The highest BCUT2D eigenvalue weighted by atomic mass is 32.2. The molecule has 2 aliphatic heterocycles. The van der Waals surface area contributed by atoms with Gasteiger partial charge in [0.05, 0.1) is 36.0 Å². The van der Waals surface area contributed by atoms with Crippen LogP contribution in [0.2, 0.25) is 0 Å². The SMILES string of the molecule is COC[C@@H]1C[C@@H](C)CCCC[C@H]2C[C@@]2(C(=O)NS(=O)(=O)C2(C)CC2)NC(=O)[C@@H]2C[C@@H](Oc3nc4cc(OC)ccc4nc3C(C)C)CN2C(=O)[C@H]1NC(=O)OC(C)(C)C(F)(F)F. The predicted octanol–water partition coefficient (Wildman–Crippen LogP) is 5.28. The summed E-state index contributed by atoms with van der Waals surface area (Å²) in [5.74, 6) is -3.23. The van der Waals surface area contributed by atoms with Crippen LogP contribution in [0.1, 0.15) is 111 Å². The first kappa shape index (κ1) is 47.0. The minimum Gasteiger partial charge on any atom is -0.497 e. The van der Waals surface area contributed by atoms with E-state index in [-0.39, 0.29) is 43.7 Å². The first-order valence-electron chi connectivity index (χ1n) is 21.2. The Balaban J connectivity index is 1.39. The molecule has 0 radical (unpaired) electrons. The number of nitrogens with zero attached hydrogens (tertiary/aromatic N) is 3. The van der Waals surface area contributed by atoms with Gasteiger partial charge in [0.25, 0.3) is 5.91 Å². The molecule has 4 fully saturated rings. The number of carbonyl (C=O) groups excluding carboxylic acids is 4. The van der Waals surface area contributed by atoms with Crippen LogP contribution in [-0.2, 0) is 33.9 Å². The topological polar surface area (TPSA) is 204 Å². The zero-order valence-electron chi connectivity index (χ0n) is 36.5. The Bertz CT molecular complexity index is 2150. The van der Waals surface area contributed by atoms with Gasteiger partial charge in [0, 0.05) is 31.4 Å². The fraction of sp³-hybridized carbons (Fsp3) is 0.714. The Morgan fingerprint density at radius 1 is 1.05 bits per heavy atom. The monoisotopic (exact) mass is 896 g/mol. The molecule has 7 atom stereocenters. The number of halogens is 3. The van der Waals surface area contributed by atoms with Crippen molar-refractivity contribution >= 4 is 44.9 Å². The number of nitrogens with one attached hydrogen (secondary N) is 3. The number of sulfonamides is 1. The fourth-order valence-corrected chi connectivity index (χ4v) is 9.76. The van der Waals surface area contributed by atoms with Crippen LogP contribution < -0.4 is 24.8 Å². The van der Waals surface area contributed by atoms with Crippen LogP contribution in [0.15, 0.2) is 18.2 Å². The fourth-order valence-electron chi connectivity index (χ4n) is 8.44. The van der Waals surface area contributed by atoms with E-state index in [1.807, 2.05) is 20.8 Å². The second kappa shape index (κ2) is 17.6. The minimum atomic E-state index is -4.94. The highest BCUT2D eigenvalue weighted by molar-refractivity contribution is 7.91. The smallest absolute Gasteiger partial charge is 0.427 e. The lowest BCUT2D eigenvalue weighted by Crippen LogP contribution is -2.60. The molecule has 4 amide bonds. The third kappa shape index (κ3) is 9.85. The molecule has 0 spiro atoms. The Morgan fingerprint density at radius 2 is 1.74 bits per heavy atom. The second-order valence-electron chi connectivity index (χ2n) is 18.5. The number of fused-ring (bicyclic) bond motifs is 3. The molecule has 16 nitrogen and oxygen atoms in total. The summed E-state index contributed by atoms with van der Waals surface area (Å²) in [4.78, 5) is 67.9. The first-order chi connectivity index (χ1) is 28.9. The maximum Gasteiger partial charge on any atom is 0.427 e. The third-order valence-corrected chi connectivity index (χ3v) is 15.0. The summed E-state index contributed by atoms with van der Waals surface area (Å²) < 4.78 is 91.6. The van der Waals surface area contributed by atoms with Crippen LogP contribution in [0.5, 0.6) is 11.6 Å². The molecule has 0 unspecified atom stereocenters. The number of ether oxygens (including phenoxy) is 4. The van der Waals surface area contributed by atoms with E-state index in [1.165, 1.54) is 19.1 Å². The standard InChI is InChI=1S/C42H59F3N6O10S/c1-23(2)32-35(47-30-18-27(59-8)13-14-29(30)46-32)60-28-19-31-34(52)49-41(37(54)50-62(56,57)40(6)15-16-40)20-26(41)12-10-9-11-24(3)17-25(22-58-7)33(36(53)51(31)21-28)48-38(55)61-39(4,5)42(43,44)45/h13-14,18,23-26,28,31,33H,9-12,15-17,19-22H2,1-8H3,(H,48,55)(H,49,52)(H,50,54)/t24-,25-,26-,28+,31-,33-,41+/m0/s1. The lowest BCUT2D eigenvalue weighted by Gasteiger charge is -2.35. The minimum absolute atomic E-state index is 0.0681. The highest BCUT2D eigenvalue weighted by Crippen LogP contribution is 2.49. The van der Waals surface area contributed by atoms with E-state index in [0.717, 1.165) is 0 Å². The number of hydrogen-bond donors (Lipinski definition) is 3. The average Bonchev–Trinajstić information content (AvgIpc) is 4.07. The number of rotatable bonds is 11. The van der Waals surface area contributed by atoms with Gasteiger partial charge in [-0.1, -0.05) is 40.0 Å². The van der Waals surface area contributed by atoms with Crippen molar-refractivity contribution in [1.29, 1.82) is 0 Å². The molecule has 4 aliphatic rings. The Kier molecular flexibility index (Phi) is 13.4. The molecule has 0 bridgehead atoms. The van der Waals surface area contributed by atoms with Gasteiger partial charge in [-0.2, -0.15) is 13.2 Å². The maximum absolute atomic E-state index is 15.1. The van der Waals surface area contributed by atoms with Gasteiger partial charge in [-0.15, -0.1) is 0 Å². The van der Waals surface area contributed by atoms with E-state index in [9.17, 15) is 36.0 Å². The van der Waals surface area contributed by atoms with Crippen LogP contribution in [0.25, 0.3) is 11.0 Å². The highest BCUT2D eigenvalue weighted by Gasteiger charge is 2.63. The molecule has 2 saturated carbocycles. The van der Waals surface area contributed by atoms with Crippen LogP contribution in [-0.4, -0.2) is 115 Å². The van der Waals surface area contributed by atoms with Gasteiger partial charge in [0.1, 0.15) is 35.2 Å². The van der Waals surface area contributed by atoms with Crippen molar-refractivity contribution in [1.82, 2.24) is 30.2 Å². The normalized spacial score (nSPS) is 28.2. The molecule has 20 heteroatoms. The zero-order chi connectivity index (χ0) is 45.6. The van der Waals surface area contributed by atoms with Gasteiger partial charge < -0.3 is 34.5 Å². The third-order valence-electron chi connectivity index (χ3n) is 12.9. The molecule has 1 aromatic heterocycles. The Morgan fingerprint density at radius 3 is 2.37 bits per heavy atom. The van der Waals surface area contributed by atoms with Gasteiger partial charge in [-0.25, -0.2) is 23.2 Å². The van der Waals surface area contributed by atoms with Crippen molar-refractivity contribution in [3.05, 3.63) is 23.9 Å². The van der Waals surface area contributed by atoms with E-state index >= 15 is 4.79 Å². The number of methoxy groups -OCH3 is 2. The summed E-state index contributed by atoms with van der Waals surface area (Å²) >= 11 is 0. The van der Waals surface area contributed by atoms with Crippen molar-refractivity contribution < 1.29 is 59.7 Å². The zero-order valence-corrected chi connectivity index (χ0v) is 37.3. The number of alkyl carbamates (subject to hydrolysis) is 1. The summed E-state index contributed by atoms with van der Waals surface area (Å²) in [5, 5.41) is 5.26. The van der Waals surface area contributed by atoms with Crippen molar-refractivity contribution in [2.24, 2.45) is 17.8 Å². The number of alkyl halides is 3. The van der Waals surface area contributed by atoms with Crippen molar-refractivity contribution in [2.75, 3.05) is 27.4 Å². The molecule has 2 aliphatic carbocycles. The van der Waals surface area contributed by atoms with Gasteiger partial charge >= 0.3 is 12.3 Å². The van der Waals surface area contributed by atoms with Gasteiger partial charge in [0.2, 0.25) is 33.3 Å². The van der Waals surface area contributed by atoms with E-state index in [2.05, 4.69) is 15.4 Å². The Labute approximate surface area is 360 Å². The van der Waals surface area contributed by atoms with E-state index in [0.29, 0.717) is 81.3 Å². The van der Waals surface area contributed by atoms with Gasteiger partial charge in [-0.05, 0) is 76.8 Å². The largest absolute Gasteiger partial charge is 0.497 e. The van der Waals surface area contributed by atoms with E-state index < -0.39 is 85.9 Å². The van der Waals surface area contributed by atoms with E-state index in [1.54, 1.807) is 25.1 Å². The van der Waals surface area contributed by atoms with Crippen molar-refractivity contribution in [2.45, 2.75) is 145 Å². The Hall–Kier alpha value is -4.46. The molecule has 3 N–H and O–H groups in total. The van der Waals surface area contributed by atoms with Crippen molar-refractivity contribution in [3.63, 3.8) is 0 Å². The van der Waals surface area contributed by atoms with Crippen LogP contribution in [0.3, 0.4) is 0 Å². The van der Waals surface area contributed by atoms with Gasteiger partial charge in [-0.3, -0.25) is 19.1 Å². The molecule has 6 rings (SSSR count). The molecular formula is C42H59F3N6O10S. The summed E-state index contributed by atoms with van der Waals surface area (Å²) in [6.45, 7) is 8.33. The molecule has 344 valence electrons. The van der Waals surface area contributed by atoms with Crippen LogP contribution >= 0.6 is 0 Å². The molecule has 62 heavy (non-hydrogen) atoms. The second-order valence-corrected chi connectivity index (χ2v) is 20.7. The van der Waals surface area contributed by atoms with E-state index in [4.69, 9.17) is 28.9 Å². The van der Waals surface area contributed by atoms with Gasteiger partial charge in [0.15, 0.2) is 0 Å². The summed E-state index contributed by atoms with van der Waals surface area (Å²) in [5.41, 5.74) is -2.99.